The van der Waals surface area contributed by atoms with Gasteiger partial charge in [0.15, 0.2) is 13.9 Å². The Hall–Kier alpha value is -1.65. The molecule has 0 bridgehead atoms. The van der Waals surface area contributed by atoms with Gasteiger partial charge in [-0.3, -0.25) is 4.79 Å². The number of rotatable bonds is 9. The van der Waals surface area contributed by atoms with Crippen molar-refractivity contribution in [2.24, 2.45) is 0 Å². The lowest BCUT2D eigenvalue weighted by atomic mass is 9.77. The second kappa shape index (κ2) is 8.57. The number of ether oxygens (including phenoxy) is 1. The van der Waals surface area contributed by atoms with Crippen LogP contribution < -0.4 is 0 Å². The molecule has 0 N–H and O–H groups in total. The molecule has 0 spiro atoms. The third-order valence-corrected chi connectivity index (χ3v) is 5.50. The summed E-state index contributed by atoms with van der Waals surface area (Å²) < 4.78 is 12.3. The molecule has 148 valence electrons. The van der Waals surface area contributed by atoms with E-state index >= 15 is 0 Å². The maximum absolute atomic E-state index is 13.1. The molecule has 0 radical (unpaired) electrons. The molecule has 27 heavy (non-hydrogen) atoms. The first-order valence-electron chi connectivity index (χ1n) is 10.0. The van der Waals surface area contributed by atoms with Crippen molar-refractivity contribution in [2.75, 3.05) is 0 Å². The Morgan fingerprint density at radius 1 is 1.19 bits per heavy atom. The average Bonchev–Trinajstić information content (AvgIpc) is 2.59. The number of ketones is 1. The quantitative estimate of drug-likeness (QED) is 0.479. The topological polar surface area (TPSA) is 35.5 Å². The van der Waals surface area contributed by atoms with E-state index in [1.54, 1.807) is 0 Å². The van der Waals surface area contributed by atoms with Crippen LogP contribution in [0.3, 0.4) is 0 Å². The summed E-state index contributed by atoms with van der Waals surface area (Å²) in [5, 5.41) is 0. The largest absolute Gasteiger partial charge is 0.491 e. The van der Waals surface area contributed by atoms with Gasteiger partial charge in [-0.05, 0) is 70.5 Å². The van der Waals surface area contributed by atoms with Crippen molar-refractivity contribution >= 4 is 19.7 Å². The van der Waals surface area contributed by atoms with Gasteiger partial charge in [-0.2, -0.15) is 0 Å². The van der Waals surface area contributed by atoms with E-state index in [1.165, 1.54) is 5.57 Å². The summed E-state index contributed by atoms with van der Waals surface area (Å²) in [4.78, 5) is 13.1. The summed E-state index contributed by atoms with van der Waals surface area (Å²) >= 11 is 0. The molecule has 0 saturated heterocycles. The van der Waals surface area contributed by atoms with Crippen molar-refractivity contribution in [3.63, 3.8) is 0 Å². The number of hydrogen-bond acceptors (Lipinski definition) is 3. The number of unbranched alkanes of at least 4 members (excludes halogenated alkanes) is 1. The summed E-state index contributed by atoms with van der Waals surface area (Å²) in [7, 11) is -1.91. The van der Waals surface area contributed by atoms with E-state index < -0.39 is 13.9 Å². The molecule has 1 aromatic carbocycles. The van der Waals surface area contributed by atoms with Gasteiger partial charge in [0.25, 0.3) is 0 Å². The van der Waals surface area contributed by atoms with E-state index in [2.05, 4.69) is 38.7 Å². The highest BCUT2D eigenvalue weighted by Crippen LogP contribution is 2.43. The highest BCUT2D eigenvalue weighted by molar-refractivity contribution is 6.70. The predicted molar refractivity (Wildman–Crippen MR) is 115 cm³/mol. The molecule has 4 heteroatoms. The molecule has 0 saturated carbocycles. The first-order chi connectivity index (χ1) is 12.6. The van der Waals surface area contributed by atoms with Gasteiger partial charge in [0, 0.05) is 0 Å². The molecule has 1 aliphatic carbocycles. The normalized spacial score (nSPS) is 20.9. The molecule has 0 heterocycles. The lowest BCUT2D eigenvalue weighted by molar-refractivity contribution is -0.136. The zero-order chi connectivity index (χ0) is 20.2. The number of hydrogen-bond donors (Lipinski definition) is 0. The second-order valence-electron chi connectivity index (χ2n) is 8.63. The number of allylic oxidation sites excluding steroid dienone is 2. The van der Waals surface area contributed by atoms with Crippen LogP contribution in [0.5, 0.6) is 0 Å². The van der Waals surface area contributed by atoms with Gasteiger partial charge in [-0.25, -0.2) is 0 Å². The van der Waals surface area contributed by atoms with E-state index in [-0.39, 0.29) is 11.9 Å². The third-order valence-electron chi connectivity index (χ3n) is 4.48. The minimum Gasteiger partial charge on any atom is -0.491 e. The SMILES string of the molecule is CCCC/C(=C/C1=C(OC(C)C)C(C)(O[Si](C)(C)C)C1=O)c1ccccc1. The Balaban J connectivity index is 2.49. The van der Waals surface area contributed by atoms with Crippen LogP contribution in [-0.2, 0) is 14.0 Å². The minimum absolute atomic E-state index is 0.00289. The van der Waals surface area contributed by atoms with Crippen LogP contribution >= 0.6 is 0 Å². The van der Waals surface area contributed by atoms with Gasteiger partial charge >= 0.3 is 0 Å². The van der Waals surface area contributed by atoms with Crippen molar-refractivity contribution in [1.82, 2.24) is 0 Å². The van der Waals surface area contributed by atoms with Crippen LogP contribution in [0.15, 0.2) is 47.7 Å². The highest BCUT2D eigenvalue weighted by Gasteiger charge is 2.54. The number of benzene rings is 1. The fourth-order valence-corrected chi connectivity index (χ4v) is 4.81. The summed E-state index contributed by atoms with van der Waals surface area (Å²) in [6.45, 7) is 14.3. The Morgan fingerprint density at radius 3 is 2.33 bits per heavy atom. The first kappa shape index (κ1) is 21.6. The van der Waals surface area contributed by atoms with Gasteiger partial charge < -0.3 is 9.16 Å². The van der Waals surface area contributed by atoms with Crippen molar-refractivity contribution in [3.05, 3.63) is 53.3 Å². The van der Waals surface area contributed by atoms with E-state index in [0.717, 1.165) is 24.8 Å². The van der Waals surface area contributed by atoms with Gasteiger partial charge in [-0.15, -0.1) is 0 Å². The van der Waals surface area contributed by atoms with E-state index in [0.29, 0.717) is 11.3 Å². The molecule has 0 aromatic heterocycles. The van der Waals surface area contributed by atoms with Gasteiger partial charge in [0.2, 0.25) is 5.78 Å². The zero-order valence-corrected chi connectivity index (χ0v) is 18.9. The molecule has 1 aromatic rings. The summed E-state index contributed by atoms with van der Waals surface area (Å²) in [6, 6.07) is 10.3. The van der Waals surface area contributed by atoms with Gasteiger partial charge in [0.1, 0.15) is 5.76 Å². The van der Waals surface area contributed by atoms with E-state index in [1.807, 2.05) is 45.0 Å². The van der Waals surface area contributed by atoms with Crippen LogP contribution in [0.4, 0.5) is 0 Å². The molecule has 2 rings (SSSR count). The Kier molecular flexibility index (Phi) is 6.87. The number of carbonyl (C=O) groups excluding carboxylic acids is 1. The van der Waals surface area contributed by atoms with Crippen LogP contribution in [0.2, 0.25) is 19.6 Å². The van der Waals surface area contributed by atoms with Crippen molar-refractivity contribution in [2.45, 2.75) is 78.3 Å². The maximum atomic E-state index is 13.1. The fraction of sp³-hybridized carbons (Fsp3) is 0.522. The Morgan fingerprint density at radius 2 is 1.81 bits per heavy atom. The molecular formula is C23H34O3Si. The molecule has 0 aliphatic heterocycles. The summed E-state index contributed by atoms with van der Waals surface area (Å²) in [6.07, 6.45) is 5.17. The first-order valence-corrected chi connectivity index (χ1v) is 13.4. The second-order valence-corrected chi connectivity index (χ2v) is 13.1. The number of carbonyl (C=O) groups is 1. The van der Waals surface area contributed by atoms with Gasteiger partial charge in [0.05, 0.1) is 11.7 Å². The smallest absolute Gasteiger partial charge is 0.204 e. The Labute approximate surface area is 165 Å². The Bertz CT molecular complexity index is 726. The third kappa shape index (κ3) is 5.20. The maximum Gasteiger partial charge on any atom is 0.204 e. The fourth-order valence-electron chi connectivity index (χ4n) is 3.40. The lowest BCUT2D eigenvalue weighted by Gasteiger charge is -2.44. The standard InChI is InChI=1S/C23H34O3Si/c1-8-9-13-19(18-14-11-10-12-15-18)16-20-21(24)23(4,26-27(5,6)7)22(20)25-17(2)3/h10-12,14-17H,8-9,13H2,1-7H3/b19-16-. The molecule has 1 aliphatic rings. The van der Waals surface area contributed by atoms with Crippen LogP contribution in [0.1, 0.15) is 52.5 Å². The van der Waals surface area contributed by atoms with Crippen LogP contribution in [-0.4, -0.2) is 25.8 Å². The summed E-state index contributed by atoms with van der Waals surface area (Å²) in [5.41, 5.74) is 2.06. The lowest BCUT2D eigenvalue weighted by Crippen LogP contribution is -2.56. The molecule has 3 nitrogen and oxygen atoms in total. The zero-order valence-electron chi connectivity index (χ0n) is 17.9. The van der Waals surface area contributed by atoms with E-state index in [4.69, 9.17) is 9.16 Å². The molecule has 0 fully saturated rings. The van der Waals surface area contributed by atoms with Crippen molar-refractivity contribution < 1.29 is 14.0 Å². The molecular weight excluding hydrogens is 352 g/mol. The van der Waals surface area contributed by atoms with Gasteiger partial charge in [-0.1, -0.05) is 43.7 Å². The summed E-state index contributed by atoms with van der Waals surface area (Å²) in [5.74, 6) is 0.723. The van der Waals surface area contributed by atoms with Crippen molar-refractivity contribution in [3.8, 4) is 0 Å². The predicted octanol–water partition coefficient (Wildman–Crippen LogP) is 6.13. The van der Waals surface area contributed by atoms with Crippen LogP contribution in [0.25, 0.3) is 5.57 Å². The minimum atomic E-state index is -1.91. The average molecular weight is 387 g/mol. The number of Topliss-reactive ketones (excluding diaryl/α,β-unsaturated/α-hetero) is 1. The van der Waals surface area contributed by atoms with Crippen molar-refractivity contribution in [1.29, 1.82) is 0 Å². The van der Waals surface area contributed by atoms with Crippen LogP contribution in [0, 0.1) is 0 Å². The molecule has 1 atom stereocenters. The van der Waals surface area contributed by atoms with E-state index in [9.17, 15) is 4.79 Å². The highest BCUT2D eigenvalue weighted by atomic mass is 28.4. The monoisotopic (exact) mass is 386 g/mol. The molecule has 0 amide bonds. The molecule has 1 unspecified atom stereocenters.